The summed E-state index contributed by atoms with van der Waals surface area (Å²) in [6, 6.07) is 12.6. The third-order valence-electron chi connectivity index (χ3n) is 5.26. The smallest absolute Gasteiger partial charge is 0.313 e. The van der Waals surface area contributed by atoms with Crippen molar-refractivity contribution in [1.29, 1.82) is 5.26 Å². The van der Waals surface area contributed by atoms with Crippen LogP contribution in [0.5, 0.6) is 0 Å². The molecule has 0 saturated carbocycles. The number of nitrogens with zero attached hydrogens (tertiary/aromatic N) is 4. The number of aryl methyl sites for hydroxylation is 1. The summed E-state index contributed by atoms with van der Waals surface area (Å²) in [7, 11) is 4.08. The Morgan fingerprint density at radius 2 is 1.79 bits per heavy atom. The number of amides is 2. The van der Waals surface area contributed by atoms with Crippen molar-refractivity contribution in [3.8, 4) is 6.07 Å². The second-order valence-electron chi connectivity index (χ2n) is 7.22. The van der Waals surface area contributed by atoms with E-state index in [4.69, 9.17) is 5.26 Å². The minimum Gasteiger partial charge on any atom is -0.353 e. The average Bonchev–Trinajstić information content (AvgIpc) is 3.15. The minimum atomic E-state index is -0.781. The first-order chi connectivity index (χ1) is 14.0. The summed E-state index contributed by atoms with van der Waals surface area (Å²) in [5.74, 6) is -1.50. The van der Waals surface area contributed by atoms with E-state index in [0.29, 0.717) is 17.8 Å². The standard InChI is InChI=1S/C21H26N6O2/c1-25-10-12-27(13-11-25)19(18-8-5-9-26(18)2)15-23-20(28)21(29)24-17-7-4-3-6-16(17)14-22/h3-9,19H,10-13,15H2,1-2H3,(H,23,28)(H,24,29). The van der Waals surface area contributed by atoms with E-state index in [-0.39, 0.29) is 6.04 Å². The van der Waals surface area contributed by atoms with Crippen molar-refractivity contribution in [3.63, 3.8) is 0 Å². The van der Waals surface area contributed by atoms with Gasteiger partial charge < -0.3 is 20.1 Å². The highest BCUT2D eigenvalue weighted by Crippen LogP contribution is 2.21. The van der Waals surface area contributed by atoms with Crippen LogP contribution in [0.3, 0.4) is 0 Å². The van der Waals surface area contributed by atoms with Crippen molar-refractivity contribution in [1.82, 2.24) is 19.7 Å². The number of anilines is 1. The van der Waals surface area contributed by atoms with Crippen molar-refractivity contribution in [2.24, 2.45) is 7.05 Å². The Hall–Kier alpha value is -3.15. The first-order valence-electron chi connectivity index (χ1n) is 9.61. The quantitative estimate of drug-likeness (QED) is 0.737. The van der Waals surface area contributed by atoms with Gasteiger partial charge in [-0.05, 0) is 31.3 Å². The third-order valence-corrected chi connectivity index (χ3v) is 5.26. The predicted molar refractivity (Wildman–Crippen MR) is 110 cm³/mol. The normalized spacial score (nSPS) is 16.0. The zero-order valence-electron chi connectivity index (χ0n) is 16.8. The van der Waals surface area contributed by atoms with Crippen molar-refractivity contribution in [3.05, 3.63) is 53.9 Å². The highest BCUT2D eigenvalue weighted by Gasteiger charge is 2.27. The molecule has 1 unspecified atom stereocenters. The molecule has 2 amide bonds. The fraction of sp³-hybridized carbons (Fsp3) is 0.381. The molecule has 0 bridgehead atoms. The molecular weight excluding hydrogens is 368 g/mol. The molecule has 0 spiro atoms. The van der Waals surface area contributed by atoms with E-state index in [0.717, 1.165) is 31.9 Å². The van der Waals surface area contributed by atoms with Crippen LogP contribution in [0.25, 0.3) is 0 Å². The molecule has 1 aromatic carbocycles. The van der Waals surface area contributed by atoms with Gasteiger partial charge in [-0.25, -0.2) is 0 Å². The molecule has 1 fully saturated rings. The summed E-state index contributed by atoms with van der Waals surface area (Å²) in [5.41, 5.74) is 1.73. The van der Waals surface area contributed by atoms with E-state index in [1.165, 1.54) is 0 Å². The van der Waals surface area contributed by atoms with Gasteiger partial charge in [-0.3, -0.25) is 14.5 Å². The molecule has 1 aromatic heterocycles. The van der Waals surface area contributed by atoms with Crippen LogP contribution < -0.4 is 10.6 Å². The molecule has 152 valence electrons. The van der Waals surface area contributed by atoms with Gasteiger partial charge in [-0.2, -0.15) is 5.26 Å². The third kappa shape index (κ3) is 5.02. The van der Waals surface area contributed by atoms with E-state index in [1.807, 2.05) is 36.0 Å². The number of nitriles is 1. The summed E-state index contributed by atoms with van der Waals surface area (Å²) in [5, 5.41) is 14.4. The van der Waals surface area contributed by atoms with Crippen molar-refractivity contribution in [2.45, 2.75) is 6.04 Å². The van der Waals surface area contributed by atoms with E-state index < -0.39 is 11.8 Å². The number of hydrogen-bond acceptors (Lipinski definition) is 5. The minimum absolute atomic E-state index is 0.0214. The molecule has 1 aliphatic rings. The van der Waals surface area contributed by atoms with Gasteiger partial charge in [0.15, 0.2) is 0 Å². The first-order valence-corrected chi connectivity index (χ1v) is 9.61. The van der Waals surface area contributed by atoms with E-state index >= 15 is 0 Å². The number of piperazine rings is 1. The number of benzene rings is 1. The maximum Gasteiger partial charge on any atom is 0.313 e. The summed E-state index contributed by atoms with van der Waals surface area (Å²) < 4.78 is 2.04. The van der Waals surface area contributed by atoms with E-state index in [1.54, 1.807) is 24.3 Å². The van der Waals surface area contributed by atoms with Gasteiger partial charge in [0.2, 0.25) is 0 Å². The topological polar surface area (TPSA) is 93.4 Å². The molecule has 29 heavy (non-hydrogen) atoms. The van der Waals surface area contributed by atoms with Crippen LogP contribution in [0.4, 0.5) is 5.69 Å². The van der Waals surface area contributed by atoms with Crippen LogP contribution in [0.2, 0.25) is 0 Å². The molecule has 8 heteroatoms. The van der Waals surface area contributed by atoms with Crippen LogP contribution in [0.15, 0.2) is 42.6 Å². The monoisotopic (exact) mass is 394 g/mol. The van der Waals surface area contributed by atoms with E-state index in [2.05, 4.69) is 27.5 Å². The summed E-state index contributed by atoms with van der Waals surface area (Å²) in [6.45, 7) is 4.03. The molecule has 3 rings (SSSR count). The Balaban J connectivity index is 1.65. The Labute approximate surface area is 170 Å². The average molecular weight is 394 g/mol. The number of nitrogens with one attached hydrogen (secondary N) is 2. The number of carbonyl (C=O) groups is 2. The Morgan fingerprint density at radius 3 is 2.45 bits per heavy atom. The Morgan fingerprint density at radius 1 is 1.07 bits per heavy atom. The fourth-order valence-corrected chi connectivity index (χ4v) is 3.51. The van der Waals surface area contributed by atoms with Crippen molar-refractivity contribution < 1.29 is 9.59 Å². The number of hydrogen-bond donors (Lipinski definition) is 2. The van der Waals surface area contributed by atoms with Gasteiger partial charge in [-0.15, -0.1) is 0 Å². The molecule has 2 aromatic rings. The molecule has 0 radical (unpaired) electrons. The molecule has 2 N–H and O–H groups in total. The molecule has 2 heterocycles. The van der Waals surface area contributed by atoms with Gasteiger partial charge in [0, 0.05) is 51.7 Å². The first kappa shape index (κ1) is 20.6. The maximum atomic E-state index is 12.4. The van der Waals surface area contributed by atoms with Crippen LogP contribution in [-0.4, -0.2) is 66.0 Å². The number of likely N-dealkylation sites (N-methyl/N-ethyl adjacent to an activating group) is 1. The summed E-state index contributed by atoms with van der Waals surface area (Å²) in [6.07, 6.45) is 1.98. The summed E-state index contributed by atoms with van der Waals surface area (Å²) >= 11 is 0. The highest BCUT2D eigenvalue weighted by atomic mass is 16.2. The van der Waals surface area contributed by atoms with Gasteiger partial charge in [-0.1, -0.05) is 12.1 Å². The number of aromatic nitrogens is 1. The zero-order valence-corrected chi connectivity index (χ0v) is 16.8. The van der Waals surface area contributed by atoms with Crippen LogP contribution in [0, 0.1) is 11.3 Å². The second kappa shape index (κ2) is 9.37. The lowest BCUT2D eigenvalue weighted by Crippen LogP contribution is -2.49. The molecule has 0 aliphatic carbocycles. The number of para-hydroxylation sites is 1. The van der Waals surface area contributed by atoms with Crippen molar-refractivity contribution in [2.75, 3.05) is 45.1 Å². The van der Waals surface area contributed by atoms with Gasteiger partial charge in [0.1, 0.15) is 6.07 Å². The second-order valence-corrected chi connectivity index (χ2v) is 7.22. The molecular formula is C21H26N6O2. The summed E-state index contributed by atoms with van der Waals surface area (Å²) in [4.78, 5) is 29.3. The lowest BCUT2D eigenvalue weighted by atomic mass is 10.1. The highest BCUT2D eigenvalue weighted by molar-refractivity contribution is 6.39. The Bertz CT molecular complexity index is 908. The lowest BCUT2D eigenvalue weighted by molar-refractivity contribution is -0.136. The van der Waals surface area contributed by atoms with Crippen LogP contribution in [-0.2, 0) is 16.6 Å². The Kier molecular flexibility index (Phi) is 6.65. The SMILES string of the molecule is CN1CCN(C(CNC(=O)C(=O)Nc2ccccc2C#N)c2cccn2C)CC1. The number of rotatable bonds is 5. The van der Waals surface area contributed by atoms with E-state index in [9.17, 15) is 9.59 Å². The van der Waals surface area contributed by atoms with Gasteiger partial charge >= 0.3 is 11.8 Å². The van der Waals surface area contributed by atoms with Crippen LogP contribution in [0.1, 0.15) is 17.3 Å². The molecule has 1 aliphatic heterocycles. The molecule has 1 saturated heterocycles. The lowest BCUT2D eigenvalue weighted by Gasteiger charge is -2.38. The van der Waals surface area contributed by atoms with Gasteiger partial charge in [0.25, 0.3) is 0 Å². The van der Waals surface area contributed by atoms with Crippen LogP contribution >= 0.6 is 0 Å². The van der Waals surface area contributed by atoms with Gasteiger partial charge in [0.05, 0.1) is 17.3 Å². The maximum absolute atomic E-state index is 12.4. The molecule has 1 atom stereocenters. The zero-order chi connectivity index (χ0) is 20.8. The predicted octanol–water partition coefficient (Wildman–Crippen LogP) is 0.940. The van der Waals surface area contributed by atoms with Crippen molar-refractivity contribution >= 4 is 17.5 Å². The largest absolute Gasteiger partial charge is 0.353 e. The molecule has 8 nitrogen and oxygen atoms in total. The number of carbonyl (C=O) groups excluding carboxylic acids is 2. The fourth-order valence-electron chi connectivity index (χ4n) is 3.51.